The highest BCUT2D eigenvalue weighted by atomic mass is 16.5. The Kier molecular flexibility index (Phi) is 3.36. The summed E-state index contributed by atoms with van der Waals surface area (Å²) in [6.07, 6.45) is 0.929. The molecule has 2 heterocycles. The van der Waals surface area contributed by atoms with Crippen molar-refractivity contribution in [2.45, 2.75) is 26.0 Å². The number of ether oxygens (including phenoxy) is 2. The van der Waals surface area contributed by atoms with E-state index in [4.69, 9.17) is 15.2 Å². The van der Waals surface area contributed by atoms with Crippen molar-refractivity contribution in [3.63, 3.8) is 0 Å². The summed E-state index contributed by atoms with van der Waals surface area (Å²) < 4.78 is 13.2. The van der Waals surface area contributed by atoms with E-state index in [1.807, 2.05) is 29.9 Å². The molecule has 2 N–H and O–H groups in total. The molecule has 0 fully saturated rings. The van der Waals surface area contributed by atoms with Gasteiger partial charge in [0, 0.05) is 18.7 Å². The van der Waals surface area contributed by atoms with Gasteiger partial charge in [-0.3, -0.25) is 4.68 Å². The molecule has 5 heteroatoms. The third kappa shape index (κ3) is 2.36. The van der Waals surface area contributed by atoms with E-state index in [0.717, 1.165) is 34.9 Å². The van der Waals surface area contributed by atoms with Crippen LogP contribution >= 0.6 is 0 Å². The Morgan fingerprint density at radius 3 is 3.05 bits per heavy atom. The minimum absolute atomic E-state index is 0.0248. The smallest absolute Gasteiger partial charge is 0.130 e. The average molecular weight is 273 g/mol. The summed E-state index contributed by atoms with van der Waals surface area (Å²) in [6.45, 7) is 3.13. The zero-order valence-electron chi connectivity index (χ0n) is 11.8. The monoisotopic (exact) mass is 273 g/mol. The van der Waals surface area contributed by atoms with Gasteiger partial charge in [-0.05, 0) is 24.6 Å². The molecule has 1 aliphatic rings. The van der Waals surface area contributed by atoms with Gasteiger partial charge in [0.2, 0.25) is 0 Å². The van der Waals surface area contributed by atoms with Crippen LogP contribution in [0.15, 0.2) is 24.3 Å². The van der Waals surface area contributed by atoms with Gasteiger partial charge in [0.1, 0.15) is 24.7 Å². The van der Waals surface area contributed by atoms with Crippen LogP contribution in [-0.4, -0.2) is 16.4 Å². The van der Waals surface area contributed by atoms with Crippen molar-refractivity contribution in [2.24, 2.45) is 12.8 Å². The van der Waals surface area contributed by atoms with Crippen molar-refractivity contribution in [2.75, 3.05) is 6.61 Å². The Hall–Kier alpha value is -2.01. The van der Waals surface area contributed by atoms with Crippen LogP contribution in [0.5, 0.6) is 11.5 Å². The van der Waals surface area contributed by atoms with Crippen LogP contribution in [0.4, 0.5) is 0 Å². The molecule has 0 radical (unpaired) electrons. The second kappa shape index (κ2) is 5.17. The van der Waals surface area contributed by atoms with Gasteiger partial charge in [-0.1, -0.05) is 6.92 Å². The number of fused-ring (bicyclic) bond motifs is 1. The molecule has 0 aliphatic carbocycles. The lowest BCUT2D eigenvalue weighted by Crippen LogP contribution is -2.10. The Balaban J connectivity index is 1.71. The van der Waals surface area contributed by atoms with Crippen LogP contribution in [0, 0.1) is 0 Å². The predicted molar refractivity (Wildman–Crippen MR) is 75.8 cm³/mol. The summed E-state index contributed by atoms with van der Waals surface area (Å²) in [5, 5.41) is 4.40. The van der Waals surface area contributed by atoms with Crippen LogP contribution in [-0.2, 0) is 20.1 Å². The largest absolute Gasteiger partial charge is 0.491 e. The quantitative estimate of drug-likeness (QED) is 0.925. The second-order valence-corrected chi connectivity index (χ2v) is 5.01. The maximum atomic E-state index is 5.92. The molecular weight excluding hydrogens is 254 g/mol. The fourth-order valence-corrected chi connectivity index (χ4v) is 2.34. The zero-order chi connectivity index (χ0) is 14.1. The van der Waals surface area contributed by atoms with Gasteiger partial charge in [-0.2, -0.15) is 5.10 Å². The zero-order valence-corrected chi connectivity index (χ0v) is 11.8. The number of benzene rings is 1. The molecule has 3 rings (SSSR count). The summed E-state index contributed by atoms with van der Waals surface area (Å²) in [4.78, 5) is 0. The fourth-order valence-electron chi connectivity index (χ4n) is 2.34. The molecule has 1 aromatic heterocycles. The minimum Gasteiger partial charge on any atom is -0.491 e. The summed E-state index contributed by atoms with van der Waals surface area (Å²) in [5.41, 5.74) is 9.10. The first kappa shape index (κ1) is 13.0. The number of nitrogens with zero attached hydrogens (tertiary/aromatic N) is 2. The Morgan fingerprint density at radius 1 is 1.45 bits per heavy atom. The number of hydrogen-bond acceptors (Lipinski definition) is 4. The molecule has 0 bridgehead atoms. The summed E-state index contributed by atoms with van der Waals surface area (Å²) in [7, 11) is 1.93. The van der Waals surface area contributed by atoms with Gasteiger partial charge in [0.05, 0.1) is 17.4 Å². The van der Waals surface area contributed by atoms with Crippen molar-refractivity contribution in [3.05, 3.63) is 41.2 Å². The highest BCUT2D eigenvalue weighted by Crippen LogP contribution is 2.34. The maximum absolute atomic E-state index is 5.92. The number of hydrogen-bond donors (Lipinski definition) is 1. The first-order chi connectivity index (χ1) is 9.67. The van der Waals surface area contributed by atoms with Crippen molar-refractivity contribution in [1.82, 2.24) is 9.78 Å². The summed E-state index contributed by atoms with van der Waals surface area (Å²) in [5.74, 6) is 1.62. The number of aryl methyl sites for hydroxylation is 2. The molecule has 5 nitrogen and oxygen atoms in total. The Labute approximate surface area is 118 Å². The van der Waals surface area contributed by atoms with Crippen molar-refractivity contribution in [1.29, 1.82) is 0 Å². The lowest BCUT2D eigenvalue weighted by molar-refractivity contribution is 0.291. The number of aromatic nitrogens is 2. The highest BCUT2D eigenvalue weighted by molar-refractivity contribution is 5.44. The molecule has 0 saturated heterocycles. The average Bonchev–Trinajstić information content (AvgIpc) is 3.00. The van der Waals surface area contributed by atoms with Crippen LogP contribution in [0.25, 0.3) is 0 Å². The Bertz CT molecular complexity index is 622. The molecule has 2 aromatic rings. The van der Waals surface area contributed by atoms with Gasteiger partial charge >= 0.3 is 0 Å². The van der Waals surface area contributed by atoms with Crippen molar-refractivity contribution >= 4 is 0 Å². The summed E-state index contributed by atoms with van der Waals surface area (Å²) >= 11 is 0. The third-order valence-electron chi connectivity index (χ3n) is 3.58. The fraction of sp³-hybridized carbons (Fsp3) is 0.400. The molecule has 0 spiro atoms. The van der Waals surface area contributed by atoms with Gasteiger partial charge in [-0.25, -0.2) is 0 Å². The molecule has 106 valence electrons. The normalized spacial score (nSPS) is 16.9. The van der Waals surface area contributed by atoms with Crippen molar-refractivity contribution < 1.29 is 9.47 Å². The molecule has 1 aliphatic heterocycles. The first-order valence-electron chi connectivity index (χ1n) is 6.84. The molecule has 0 amide bonds. The molecular formula is C15H19N3O2. The van der Waals surface area contributed by atoms with Gasteiger partial charge in [0.15, 0.2) is 0 Å². The molecule has 1 atom stereocenters. The van der Waals surface area contributed by atoms with Crippen LogP contribution in [0.1, 0.15) is 29.9 Å². The van der Waals surface area contributed by atoms with E-state index in [0.29, 0.717) is 13.2 Å². The second-order valence-electron chi connectivity index (χ2n) is 5.01. The van der Waals surface area contributed by atoms with E-state index in [2.05, 4.69) is 18.1 Å². The predicted octanol–water partition coefficient (Wildman–Crippen LogP) is 1.95. The van der Waals surface area contributed by atoms with E-state index < -0.39 is 0 Å². The minimum atomic E-state index is -0.0248. The molecule has 1 aromatic carbocycles. The van der Waals surface area contributed by atoms with Gasteiger partial charge < -0.3 is 15.2 Å². The number of rotatable bonds is 4. The van der Waals surface area contributed by atoms with E-state index in [9.17, 15) is 0 Å². The van der Waals surface area contributed by atoms with Crippen LogP contribution in [0.2, 0.25) is 0 Å². The van der Waals surface area contributed by atoms with Gasteiger partial charge in [-0.15, -0.1) is 0 Å². The third-order valence-corrected chi connectivity index (χ3v) is 3.58. The van der Waals surface area contributed by atoms with E-state index in [1.54, 1.807) is 0 Å². The van der Waals surface area contributed by atoms with E-state index in [1.165, 1.54) is 0 Å². The van der Waals surface area contributed by atoms with E-state index in [-0.39, 0.29) is 6.04 Å². The van der Waals surface area contributed by atoms with Crippen LogP contribution < -0.4 is 15.2 Å². The lowest BCUT2D eigenvalue weighted by Gasteiger charge is -2.08. The first-order valence-corrected chi connectivity index (χ1v) is 6.84. The standard InChI is InChI=1S/C15H19N3O2/c1-3-10-6-11(18(2)17-10)8-19-12-4-5-13-14(16)9-20-15(13)7-12/h4-7,14H,3,8-9,16H2,1-2H3. The van der Waals surface area contributed by atoms with E-state index >= 15 is 0 Å². The van der Waals surface area contributed by atoms with Crippen LogP contribution in [0.3, 0.4) is 0 Å². The molecule has 0 saturated carbocycles. The molecule has 1 unspecified atom stereocenters. The lowest BCUT2D eigenvalue weighted by atomic mass is 10.1. The molecule has 20 heavy (non-hydrogen) atoms. The van der Waals surface area contributed by atoms with Gasteiger partial charge in [0.25, 0.3) is 0 Å². The number of nitrogens with two attached hydrogens (primary N) is 1. The SMILES string of the molecule is CCc1cc(COc2ccc3c(c2)OCC3N)n(C)n1. The maximum Gasteiger partial charge on any atom is 0.130 e. The summed E-state index contributed by atoms with van der Waals surface area (Å²) in [6, 6.07) is 7.86. The Morgan fingerprint density at radius 2 is 2.30 bits per heavy atom. The highest BCUT2D eigenvalue weighted by Gasteiger charge is 2.20. The topological polar surface area (TPSA) is 62.3 Å². The van der Waals surface area contributed by atoms with Crippen molar-refractivity contribution in [3.8, 4) is 11.5 Å².